The average molecular weight is 228 g/mol. The van der Waals surface area contributed by atoms with E-state index in [0.717, 1.165) is 0 Å². The Morgan fingerprint density at radius 1 is 1.53 bits per heavy atom. The Morgan fingerprint density at radius 3 is 2.80 bits per heavy atom. The van der Waals surface area contributed by atoms with Crippen molar-refractivity contribution >= 4 is 11.6 Å². The molecule has 0 saturated heterocycles. The quantitative estimate of drug-likeness (QED) is 0.806. The third kappa shape index (κ3) is 1.66. The lowest BCUT2D eigenvalue weighted by molar-refractivity contribution is 0.607. The number of H-pyrrole nitrogens is 1. The fraction of sp³-hybridized carbons (Fsp3) is 0.111. The largest absolute Gasteiger partial charge is 0.361 e. The lowest BCUT2D eigenvalue weighted by atomic mass is 10.3. The molecule has 2 aromatic rings. The molecule has 4 nitrogen and oxygen atoms in total. The van der Waals surface area contributed by atoms with Gasteiger partial charge in [-0.25, -0.2) is 19.0 Å². The SMILES string of the molecule is Cc1nc(=O)[nH]n1-c1c(F)cccc1Cl. The van der Waals surface area contributed by atoms with Crippen molar-refractivity contribution in [1.82, 2.24) is 14.8 Å². The number of aromatic amines is 1. The van der Waals surface area contributed by atoms with Crippen molar-refractivity contribution in [3.63, 3.8) is 0 Å². The summed E-state index contributed by atoms with van der Waals surface area (Å²) in [5.41, 5.74) is -0.432. The van der Waals surface area contributed by atoms with Crippen LogP contribution in [0.2, 0.25) is 5.02 Å². The number of aryl methyl sites for hydroxylation is 1. The van der Waals surface area contributed by atoms with Crippen molar-refractivity contribution in [2.45, 2.75) is 6.92 Å². The van der Waals surface area contributed by atoms with Crippen LogP contribution >= 0.6 is 11.6 Å². The number of para-hydroxylation sites is 1. The number of nitrogens with one attached hydrogen (secondary N) is 1. The molecule has 78 valence electrons. The monoisotopic (exact) mass is 227 g/mol. The first-order chi connectivity index (χ1) is 7.09. The summed E-state index contributed by atoms with van der Waals surface area (Å²) in [6, 6.07) is 4.29. The molecule has 0 radical (unpaired) electrons. The van der Waals surface area contributed by atoms with Crippen molar-refractivity contribution in [1.29, 1.82) is 0 Å². The molecule has 1 aromatic carbocycles. The van der Waals surface area contributed by atoms with Crippen LogP contribution < -0.4 is 5.69 Å². The van der Waals surface area contributed by atoms with E-state index in [1.54, 1.807) is 6.92 Å². The molecule has 0 atom stereocenters. The molecule has 0 fully saturated rings. The highest BCUT2D eigenvalue weighted by molar-refractivity contribution is 6.32. The van der Waals surface area contributed by atoms with Gasteiger partial charge < -0.3 is 0 Å². The third-order valence-electron chi connectivity index (χ3n) is 1.96. The average Bonchev–Trinajstić information content (AvgIpc) is 2.45. The van der Waals surface area contributed by atoms with Crippen LogP contribution in [-0.4, -0.2) is 14.8 Å². The zero-order valence-corrected chi connectivity index (χ0v) is 8.55. The zero-order valence-electron chi connectivity index (χ0n) is 7.79. The van der Waals surface area contributed by atoms with Crippen molar-refractivity contribution in [2.75, 3.05) is 0 Å². The standard InChI is InChI=1S/C9H7ClFN3O/c1-5-12-9(15)13-14(5)8-6(10)3-2-4-7(8)11/h2-4H,1H3,(H,13,15). The molecular weight excluding hydrogens is 221 g/mol. The molecule has 1 aromatic heterocycles. The van der Waals surface area contributed by atoms with Gasteiger partial charge in [0, 0.05) is 0 Å². The molecule has 6 heteroatoms. The number of aromatic nitrogens is 3. The molecule has 2 rings (SSSR count). The molecule has 0 aliphatic carbocycles. The second kappa shape index (κ2) is 3.51. The molecule has 0 bridgehead atoms. The first-order valence-electron chi connectivity index (χ1n) is 4.19. The van der Waals surface area contributed by atoms with Crippen LogP contribution in [0.4, 0.5) is 4.39 Å². The van der Waals surface area contributed by atoms with Gasteiger partial charge in [-0.05, 0) is 19.1 Å². The van der Waals surface area contributed by atoms with Crippen LogP contribution in [-0.2, 0) is 0 Å². The zero-order chi connectivity index (χ0) is 11.0. The van der Waals surface area contributed by atoms with E-state index < -0.39 is 11.5 Å². The van der Waals surface area contributed by atoms with Crippen LogP contribution in [0, 0.1) is 12.7 Å². The number of hydrogen-bond donors (Lipinski definition) is 1. The maximum Gasteiger partial charge on any atom is 0.361 e. The van der Waals surface area contributed by atoms with Gasteiger partial charge in [0.25, 0.3) is 0 Å². The number of hydrogen-bond acceptors (Lipinski definition) is 2. The molecular formula is C9H7ClFN3O. The maximum atomic E-state index is 13.5. The van der Waals surface area contributed by atoms with Crippen molar-refractivity contribution < 1.29 is 4.39 Å². The Kier molecular flexibility index (Phi) is 2.32. The molecule has 1 heterocycles. The number of nitrogens with zero attached hydrogens (tertiary/aromatic N) is 2. The van der Waals surface area contributed by atoms with Gasteiger partial charge in [-0.3, -0.25) is 0 Å². The summed E-state index contributed by atoms with van der Waals surface area (Å²) in [7, 11) is 0. The Balaban J connectivity index is 2.74. The van der Waals surface area contributed by atoms with E-state index in [1.807, 2.05) is 0 Å². The fourth-order valence-corrected chi connectivity index (χ4v) is 1.57. The highest BCUT2D eigenvalue weighted by Crippen LogP contribution is 2.22. The summed E-state index contributed by atoms with van der Waals surface area (Å²) in [4.78, 5) is 14.6. The van der Waals surface area contributed by atoms with Crippen LogP contribution in [0.1, 0.15) is 5.82 Å². The predicted molar refractivity (Wildman–Crippen MR) is 53.9 cm³/mol. The van der Waals surface area contributed by atoms with Crippen LogP contribution in [0.15, 0.2) is 23.0 Å². The first kappa shape index (κ1) is 9.92. The van der Waals surface area contributed by atoms with E-state index in [2.05, 4.69) is 10.1 Å². The Labute approximate surface area is 89.3 Å². The maximum absolute atomic E-state index is 13.5. The van der Waals surface area contributed by atoms with Gasteiger partial charge in [0.05, 0.1) is 5.02 Å². The lowest BCUT2D eigenvalue weighted by Gasteiger charge is -2.06. The van der Waals surface area contributed by atoms with E-state index in [0.29, 0.717) is 5.82 Å². The van der Waals surface area contributed by atoms with E-state index >= 15 is 0 Å². The smallest absolute Gasteiger partial charge is 0.244 e. The molecule has 0 amide bonds. The van der Waals surface area contributed by atoms with Crippen LogP contribution in [0.3, 0.4) is 0 Å². The second-order valence-electron chi connectivity index (χ2n) is 2.98. The van der Waals surface area contributed by atoms with E-state index in [9.17, 15) is 9.18 Å². The summed E-state index contributed by atoms with van der Waals surface area (Å²) < 4.78 is 14.7. The van der Waals surface area contributed by atoms with Gasteiger partial charge in [0.1, 0.15) is 17.3 Å². The number of halogens is 2. The van der Waals surface area contributed by atoms with Crippen LogP contribution in [0.5, 0.6) is 0 Å². The summed E-state index contributed by atoms with van der Waals surface area (Å²) in [6.07, 6.45) is 0. The third-order valence-corrected chi connectivity index (χ3v) is 2.26. The van der Waals surface area contributed by atoms with Crippen molar-refractivity contribution in [3.05, 3.63) is 45.3 Å². The topological polar surface area (TPSA) is 50.7 Å². The van der Waals surface area contributed by atoms with Gasteiger partial charge in [-0.15, -0.1) is 0 Å². The number of benzene rings is 1. The predicted octanol–water partition coefficient (Wildman–Crippen LogP) is 1.66. The lowest BCUT2D eigenvalue weighted by Crippen LogP contribution is -2.07. The van der Waals surface area contributed by atoms with Crippen molar-refractivity contribution in [3.8, 4) is 5.69 Å². The molecule has 0 spiro atoms. The molecule has 15 heavy (non-hydrogen) atoms. The minimum atomic E-state index is -0.535. The highest BCUT2D eigenvalue weighted by Gasteiger charge is 2.12. The highest BCUT2D eigenvalue weighted by atomic mass is 35.5. The number of rotatable bonds is 1. The minimum absolute atomic E-state index is 0.103. The molecule has 1 N–H and O–H groups in total. The molecule has 0 aliphatic heterocycles. The molecule has 0 aliphatic rings. The van der Waals surface area contributed by atoms with E-state index in [4.69, 9.17) is 11.6 Å². The molecule has 0 unspecified atom stereocenters. The Hall–Kier alpha value is -1.62. The summed E-state index contributed by atoms with van der Waals surface area (Å²) in [5.74, 6) is -0.161. The second-order valence-corrected chi connectivity index (χ2v) is 3.39. The van der Waals surface area contributed by atoms with Gasteiger partial charge in [0.15, 0.2) is 0 Å². The summed E-state index contributed by atoms with van der Waals surface area (Å²) in [6.45, 7) is 1.58. The van der Waals surface area contributed by atoms with Crippen LogP contribution in [0.25, 0.3) is 5.69 Å². The Bertz CT molecular complexity index is 540. The summed E-state index contributed by atoms with van der Waals surface area (Å²) >= 11 is 5.83. The summed E-state index contributed by atoms with van der Waals surface area (Å²) in [5, 5.41) is 2.58. The first-order valence-corrected chi connectivity index (χ1v) is 4.57. The van der Waals surface area contributed by atoms with Gasteiger partial charge in [-0.2, -0.15) is 4.98 Å². The fourth-order valence-electron chi connectivity index (χ4n) is 1.32. The van der Waals surface area contributed by atoms with Gasteiger partial charge in [0.2, 0.25) is 0 Å². The normalized spacial score (nSPS) is 10.6. The Morgan fingerprint density at radius 2 is 2.27 bits per heavy atom. The molecule has 0 saturated carbocycles. The van der Waals surface area contributed by atoms with E-state index in [1.165, 1.54) is 22.9 Å². The van der Waals surface area contributed by atoms with Gasteiger partial charge in [-0.1, -0.05) is 17.7 Å². The van der Waals surface area contributed by atoms with Crippen molar-refractivity contribution in [2.24, 2.45) is 0 Å². The van der Waals surface area contributed by atoms with E-state index in [-0.39, 0.29) is 10.7 Å². The minimum Gasteiger partial charge on any atom is -0.244 e. The van der Waals surface area contributed by atoms with Gasteiger partial charge >= 0.3 is 5.69 Å².